The van der Waals surface area contributed by atoms with Crippen LogP contribution < -0.4 is 0 Å². The molecule has 0 aliphatic heterocycles. The predicted octanol–water partition coefficient (Wildman–Crippen LogP) is 3.72. The normalized spacial score (nSPS) is 11.8. The Morgan fingerprint density at radius 3 is 2.40 bits per heavy atom. The molecule has 0 saturated heterocycles. The molecule has 0 rings (SSSR count). The SMILES string of the molecule is CC/C=C\C/C=C\CCI. The third-order valence-corrected chi connectivity index (χ3v) is 1.74. The van der Waals surface area contributed by atoms with E-state index in [9.17, 15) is 0 Å². The number of allylic oxidation sites excluding steroid dienone is 4. The zero-order chi connectivity index (χ0) is 7.66. The van der Waals surface area contributed by atoms with Crippen LogP contribution in [0.3, 0.4) is 0 Å². The molecule has 0 spiro atoms. The van der Waals surface area contributed by atoms with Gasteiger partial charge in [-0.25, -0.2) is 0 Å². The summed E-state index contributed by atoms with van der Waals surface area (Å²) in [6.45, 7) is 2.16. The molecular formula is C9H15I. The number of alkyl halides is 1. The largest absolute Gasteiger partial charge is 0.0885 e. The quantitative estimate of drug-likeness (QED) is 0.396. The van der Waals surface area contributed by atoms with Crippen LogP contribution in [0.1, 0.15) is 26.2 Å². The van der Waals surface area contributed by atoms with E-state index in [4.69, 9.17) is 0 Å². The molecule has 0 N–H and O–H groups in total. The molecule has 58 valence electrons. The van der Waals surface area contributed by atoms with Crippen LogP contribution in [0.2, 0.25) is 0 Å². The van der Waals surface area contributed by atoms with E-state index < -0.39 is 0 Å². The topological polar surface area (TPSA) is 0 Å². The number of halogens is 1. The van der Waals surface area contributed by atoms with Crippen molar-refractivity contribution in [1.29, 1.82) is 0 Å². The van der Waals surface area contributed by atoms with Crippen molar-refractivity contribution in [2.45, 2.75) is 26.2 Å². The highest BCUT2D eigenvalue weighted by molar-refractivity contribution is 14.1. The lowest BCUT2D eigenvalue weighted by Gasteiger charge is -1.82. The van der Waals surface area contributed by atoms with E-state index in [0.29, 0.717) is 0 Å². The Morgan fingerprint density at radius 1 is 1.10 bits per heavy atom. The van der Waals surface area contributed by atoms with Crippen LogP contribution >= 0.6 is 22.6 Å². The second kappa shape index (κ2) is 9.21. The lowest BCUT2D eigenvalue weighted by atomic mass is 10.3. The highest BCUT2D eigenvalue weighted by atomic mass is 127. The monoisotopic (exact) mass is 250 g/mol. The van der Waals surface area contributed by atoms with Crippen molar-refractivity contribution in [2.75, 3.05) is 4.43 Å². The molecule has 0 fully saturated rings. The Bertz CT molecular complexity index is 103. The zero-order valence-corrected chi connectivity index (χ0v) is 8.67. The van der Waals surface area contributed by atoms with Crippen molar-refractivity contribution in [3.05, 3.63) is 24.3 Å². The summed E-state index contributed by atoms with van der Waals surface area (Å²) in [6, 6.07) is 0. The van der Waals surface area contributed by atoms with Crippen LogP contribution in [0.4, 0.5) is 0 Å². The van der Waals surface area contributed by atoms with Gasteiger partial charge in [0, 0.05) is 4.43 Å². The van der Waals surface area contributed by atoms with Gasteiger partial charge in [-0.05, 0) is 19.3 Å². The molecule has 0 nitrogen and oxygen atoms in total. The predicted molar refractivity (Wildman–Crippen MR) is 56.7 cm³/mol. The van der Waals surface area contributed by atoms with Crippen molar-refractivity contribution in [1.82, 2.24) is 0 Å². The van der Waals surface area contributed by atoms with E-state index in [1.54, 1.807) is 0 Å². The third kappa shape index (κ3) is 8.21. The maximum atomic E-state index is 2.39. The molecule has 0 aliphatic carbocycles. The van der Waals surface area contributed by atoms with Crippen molar-refractivity contribution in [2.24, 2.45) is 0 Å². The van der Waals surface area contributed by atoms with Crippen LogP contribution in [0.5, 0.6) is 0 Å². The minimum Gasteiger partial charge on any atom is -0.0885 e. The van der Waals surface area contributed by atoms with Crippen molar-refractivity contribution < 1.29 is 0 Å². The van der Waals surface area contributed by atoms with Gasteiger partial charge < -0.3 is 0 Å². The molecule has 0 aromatic carbocycles. The molecule has 0 radical (unpaired) electrons. The summed E-state index contributed by atoms with van der Waals surface area (Å²) in [5.41, 5.74) is 0. The van der Waals surface area contributed by atoms with Gasteiger partial charge in [0.15, 0.2) is 0 Å². The van der Waals surface area contributed by atoms with Crippen molar-refractivity contribution in [3.8, 4) is 0 Å². The summed E-state index contributed by atoms with van der Waals surface area (Å²) in [6.07, 6.45) is 12.3. The molecule has 0 atom stereocenters. The van der Waals surface area contributed by atoms with Gasteiger partial charge in [0.05, 0.1) is 0 Å². The zero-order valence-electron chi connectivity index (χ0n) is 6.52. The minimum absolute atomic E-state index is 1.10. The Hall–Kier alpha value is 0.210. The molecule has 0 unspecified atom stereocenters. The van der Waals surface area contributed by atoms with Gasteiger partial charge in [-0.1, -0.05) is 53.8 Å². The summed E-state index contributed by atoms with van der Waals surface area (Å²) in [5, 5.41) is 0. The molecule has 0 aliphatic rings. The molecule has 0 bridgehead atoms. The fraction of sp³-hybridized carbons (Fsp3) is 0.556. The highest BCUT2D eigenvalue weighted by Crippen LogP contribution is 1.93. The van der Waals surface area contributed by atoms with E-state index in [2.05, 4.69) is 53.8 Å². The Labute approximate surface area is 77.5 Å². The average Bonchev–Trinajstić information content (AvgIpc) is 1.97. The van der Waals surface area contributed by atoms with Gasteiger partial charge in [0.2, 0.25) is 0 Å². The van der Waals surface area contributed by atoms with Gasteiger partial charge in [-0.2, -0.15) is 0 Å². The fourth-order valence-electron chi connectivity index (χ4n) is 0.619. The van der Waals surface area contributed by atoms with Gasteiger partial charge >= 0.3 is 0 Å². The number of hydrogen-bond acceptors (Lipinski definition) is 0. The van der Waals surface area contributed by atoms with Gasteiger partial charge in [-0.15, -0.1) is 0 Å². The fourth-order valence-corrected chi connectivity index (χ4v) is 0.978. The van der Waals surface area contributed by atoms with Crippen LogP contribution in [-0.4, -0.2) is 4.43 Å². The van der Waals surface area contributed by atoms with Gasteiger partial charge in [-0.3, -0.25) is 0 Å². The van der Waals surface area contributed by atoms with Crippen LogP contribution in [-0.2, 0) is 0 Å². The van der Waals surface area contributed by atoms with Crippen molar-refractivity contribution >= 4 is 22.6 Å². The summed E-state index contributed by atoms with van der Waals surface area (Å²) in [7, 11) is 0. The minimum atomic E-state index is 1.10. The van der Waals surface area contributed by atoms with Gasteiger partial charge in [0.25, 0.3) is 0 Å². The smallest absolute Gasteiger partial charge is 0.00299 e. The summed E-state index contributed by atoms with van der Waals surface area (Å²) in [5.74, 6) is 0. The van der Waals surface area contributed by atoms with E-state index in [1.165, 1.54) is 10.8 Å². The number of hydrogen-bond donors (Lipinski definition) is 0. The second-order valence-electron chi connectivity index (χ2n) is 2.06. The molecule has 0 heterocycles. The summed E-state index contributed by atoms with van der Waals surface area (Å²) in [4.78, 5) is 0. The molecule has 1 heteroatoms. The first-order chi connectivity index (χ1) is 4.91. The first-order valence-electron chi connectivity index (χ1n) is 3.77. The third-order valence-electron chi connectivity index (χ3n) is 1.12. The van der Waals surface area contributed by atoms with Crippen LogP contribution in [0.25, 0.3) is 0 Å². The lowest BCUT2D eigenvalue weighted by Crippen LogP contribution is -1.65. The molecule has 0 aromatic rings. The van der Waals surface area contributed by atoms with E-state index >= 15 is 0 Å². The Kier molecular flexibility index (Phi) is 9.40. The van der Waals surface area contributed by atoms with E-state index in [-0.39, 0.29) is 0 Å². The van der Waals surface area contributed by atoms with Crippen LogP contribution in [0, 0.1) is 0 Å². The molecule has 0 saturated carbocycles. The lowest BCUT2D eigenvalue weighted by molar-refractivity contribution is 1.19. The molecule has 10 heavy (non-hydrogen) atoms. The molecule has 0 aromatic heterocycles. The van der Waals surface area contributed by atoms with E-state index in [1.807, 2.05) is 0 Å². The first kappa shape index (κ1) is 10.2. The average molecular weight is 250 g/mol. The van der Waals surface area contributed by atoms with Crippen LogP contribution in [0.15, 0.2) is 24.3 Å². The first-order valence-corrected chi connectivity index (χ1v) is 5.30. The van der Waals surface area contributed by atoms with Gasteiger partial charge in [0.1, 0.15) is 0 Å². The summed E-state index contributed by atoms with van der Waals surface area (Å²) >= 11 is 2.39. The molecule has 0 amide bonds. The maximum Gasteiger partial charge on any atom is 0.00299 e. The Morgan fingerprint density at radius 2 is 1.80 bits per heavy atom. The highest BCUT2D eigenvalue weighted by Gasteiger charge is 1.72. The van der Waals surface area contributed by atoms with E-state index in [0.717, 1.165) is 12.8 Å². The number of rotatable bonds is 5. The van der Waals surface area contributed by atoms with Crippen molar-refractivity contribution in [3.63, 3.8) is 0 Å². The second-order valence-corrected chi connectivity index (χ2v) is 3.14. The Balaban J connectivity index is 3.09. The standard InChI is InChI=1S/C9H15I/c1-2-3-4-5-6-7-8-9-10/h3-4,6-7H,2,5,8-9H2,1H3/b4-3-,7-6-. The molecular weight excluding hydrogens is 235 g/mol. The maximum absolute atomic E-state index is 2.39. The summed E-state index contributed by atoms with van der Waals surface area (Å²) < 4.78 is 1.23.